The zero-order valence-electron chi connectivity index (χ0n) is 10.8. The number of hydrogen-bond acceptors (Lipinski definition) is 5. The van der Waals surface area contributed by atoms with Crippen LogP contribution in [0, 0.1) is 6.92 Å². The molecule has 0 amide bonds. The Morgan fingerprint density at radius 2 is 2.16 bits per heavy atom. The molecule has 1 aliphatic rings. The third kappa shape index (κ3) is 2.13. The van der Waals surface area contributed by atoms with Crippen LogP contribution in [0.1, 0.15) is 11.1 Å². The smallest absolute Gasteiger partial charge is 0.141 e. The number of nitrogens with two attached hydrogens (primary N) is 2. The minimum absolute atomic E-state index is 0.0530. The van der Waals surface area contributed by atoms with E-state index in [-0.39, 0.29) is 6.10 Å². The van der Waals surface area contributed by atoms with Crippen molar-refractivity contribution >= 4 is 5.82 Å². The molecule has 1 aromatic carbocycles. The quantitative estimate of drug-likeness (QED) is 0.845. The van der Waals surface area contributed by atoms with Crippen molar-refractivity contribution in [3.05, 3.63) is 35.7 Å². The van der Waals surface area contributed by atoms with Gasteiger partial charge in [0, 0.05) is 18.5 Å². The summed E-state index contributed by atoms with van der Waals surface area (Å²) < 4.78 is 5.90. The molecule has 0 spiro atoms. The standard InChI is InChI=1S/C14H16N4O/c1-8-2-9-4-10(5-15)19-14(9)11(3-8)12-6-18-13(16)7-17-12/h2-3,6-7,10H,4-5,15H2,1H3,(H2,16,18). The first-order chi connectivity index (χ1) is 9.17. The average molecular weight is 256 g/mol. The lowest BCUT2D eigenvalue weighted by Gasteiger charge is -2.11. The number of aromatic nitrogens is 2. The predicted octanol–water partition coefficient (Wildman–Crippen LogP) is 1.30. The van der Waals surface area contributed by atoms with Crippen LogP contribution in [-0.4, -0.2) is 22.6 Å². The van der Waals surface area contributed by atoms with Crippen molar-refractivity contribution in [2.24, 2.45) is 5.73 Å². The second-order valence-electron chi connectivity index (χ2n) is 4.81. The van der Waals surface area contributed by atoms with E-state index in [9.17, 15) is 0 Å². The average Bonchev–Trinajstić information content (AvgIpc) is 2.81. The maximum atomic E-state index is 5.90. The summed E-state index contributed by atoms with van der Waals surface area (Å²) in [5.74, 6) is 1.29. The van der Waals surface area contributed by atoms with Crippen LogP contribution in [0.4, 0.5) is 5.82 Å². The fraction of sp³-hybridized carbons (Fsp3) is 0.286. The van der Waals surface area contributed by atoms with Crippen molar-refractivity contribution in [2.45, 2.75) is 19.4 Å². The van der Waals surface area contributed by atoms with Gasteiger partial charge < -0.3 is 16.2 Å². The van der Waals surface area contributed by atoms with E-state index in [2.05, 4.69) is 29.0 Å². The number of ether oxygens (including phenoxy) is 1. The van der Waals surface area contributed by atoms with Crippen LogP contribution in [0.25, 0.3) is 11.3 Å². The summed E-state index contributed by atoms with van der Waals surface area (Å²) in [4.78, 5) is 8.40. The van der Waals surface area contributed by atoms with Gasteiger partial charge in [-0.3, -0.25) is 4.98 Å². The number of anilines is 1. The first-order valence-electron chi connectivity index (χ1n) is 6.25. The summed E-state index contributed by atoms with van der Waals surface area (Å²) in [6, 6.07) is 4.19. The van der Waals surface area contributed by atoms with Crippen LogP contribution >= 0.6 is 0 Å². The molecule has 98 valence electrons. The summed E-state index contributed by atoms with van der Waals surface area (Å²) in [5, 5.41) is 0. The highest BCUT2D eigenvalue weighted by atomic mass is 16.5. The third-order valence-electron chi connectivity index (χ3n) is 3.25. The number of aryl methyl sites for hydroxylation is 1. The zero-order chi connectivity index (χ0) is 13.4. The lowest BCUT2D eigenvalue weighted by molar-refractivity contribution is 0.242. The summed E-state index contributed by atoms with van der Waals surface area (Å²) in [6.45, 7) is 2.57. The van der Waals surface area contributed by atoms with E-state index in [1.165, 1.54) is 11.1 Å². The van der Waals surface area contributed by atoms with Crippen molar-refractivity contribution in [1.29, 1.82) is 0 Å². The summed E-state index contributed by atoms with van der Waals surface area (Å²) in [6.07, 6.45) is 4.13. The van der Waals surface area contributed by atoms with Crippen molar-refractivity contribution in [3.8, 4) is 17.0 Å². The highest BCUT2D eigenvalue weighted by Crippen LogP contribution is 2.38. The SMILES string of the molecule is Cc1cc2c(c(-c3cnc(N)cn3)c1)OC(CN)C2. The van der Waals surface area contributed by atoms with Crippen LogP contribution in [0.2, 0.25) is 0 Å². The van der Waals surface area contributed by atoms with Gasteiger partial charge in [0.2, 0.25) is 0 Å². The molecule has 1 aromatic heterocycles. The van der Waals surface area contributed by atoms with Crippen LogP contribution in [0.3, 0.4) is 0 Å². The first-order valence-corrected chi connectivity index (χ1v) is 6.25. The van der Waals surface area contributed by atoms with E-state index < -0.39 is 0 Å². The summed E-state index contributed by atoms with van der Waals surface area (Å²) >= 11 is 0. The molecule has 0 bridgehead atoms. The highest BCUT2D eigenvalue weighted by molar-refractivity contribution is 5.71. The minimum atomic E-state index is 0.0530. The molecule has 0 saturated carbocycles. The van der Waals surface area contributed by atoms with Gasteiger partial charge >= 0.3 is 0 Å². The van der Waals surface area contributed by atoms with E-state index in [0.29, 0.717) is 12.4 Å². The predicted molar refractivity (Wildman–Crippen MR) is 73.8 cm³/mol. The Bertz CT molecular complexity index is 610. The second kappa shape index (κ2) is 4.51. The molecular formula is C14H16N4O. The molecular weight excluding hydrogens is 240 g/mol. The Morgan fingerprint density at radius 1 is 1.32 bits per heavy atom. The van der Waals surface area contributed by atoms with Crippen LogP contribution in [0.5, 0.6) is 5.75 Å². The van der Waals surface area contributed by atoms with E-state index >= 15 is 0 Å². The molecule has 0 saturated heterocycles. The molecule has 2 heterocycles. The minimum Gasteiger partial charge on any atom is -0.488 e. The van der Waals surface area contributed by atoms with Gasteiger partial charge in [0.05, 0.1) is 18.1 Å². The molecule has 4 N–H and O–H groups in total. The Kier molecular flexibility index (Phi) is 2.83. The molecule has 1 atom stereocenters. The van der Waals surface area contributed by atoms with Crippen molar-refractivity contribution in [1.82, 2.24) is 9.97 Å². The Balaban J connectivity index is 2.10. The molecule has 5 heteroatoms. The van der Waals surface area contributed by atoms with Crippen molar-refractivity contribution < 1.29 is 4.74 Å². The number of hydrogen-bond donors (Lipinski definition) is 2. The monoisotopic (exact) mass is 256 g/mol. The molecule has 1 unspecified atom stereocenters. The fourth-order valence-corrected chi connectivity index (χ4v) is 2.39. The number of nitrogens with zero attached hydrogens (tertiary/aromatic N) is 2. The lowest BCUT2D eigenvalue weighted by Crippen LogP contribution is -2.24. The Labute approximate surface area is 111 Å². The van der Waals surface area contributed by atoms with E-state index in [4.69, 9.17) is 16.2 Å². The number of fused-ring (bicyclic) bond motifs is 1. The normalized spacial score (nSPS) is 17.1. The molecule has 3 rings (SSSR count). The zero-order valence-corrected chi connectivity index (χ0v) is 10.8. The second-order valence-corrected chi connectivity index (χ2v) is 4.81. The molecule has 2 aromatic rings. The number of benzene rings is 1. The van der Waals surface area contributed by atoms with Crippen LogP contribution in [-0.2, 0) is 6.42 Å². The van der Waals surface area contributed by atoms with Gasteiger partial charge in [0.15, 0.2) is 0 Å². The Hall–Kier alpha value is -2.14. The molecule has 5 nitrogen and oxygen atoms in total. The van der Waals surface area contributed by atoms with Crippen LogP contribution in [0.15, 0.2) is 24.5 Å². The van der Waals surface area contributed by atoms with Gasteiger partial charge in [-0.25, -0.2) is 4.98 Å². The summed E-state index contributed by atoms with van der Waals surface area (Å²) in [7, 11) is 0. The third-order valence-corrected chi connectivity index (χ3v) is 3.25. The van der Waals surface area contributed by atoms with Crippen molar-refractivity contribution in [2.75, 3.05) is 12.3 Å². The molecule has 1 aliphatic heterocycles. The fourth-order valence-electron chi connectivity index (χ4n) is 2.39. The molecule has 0 radical (unpaired) electrons. The van der Waals surface area contributed by atoms with E-state index in [1.54, 1.807) is 12.4 Å². The molecule has 19 heavy (non-hydrogen) atoms. The largest absolute Gasteiger partial charge is 0.488 e. The maximum absolute atomic E-state index is 5.90. The number of rotatable bonds is 2. The topological polar surface area (TPSA) is 87.0 Å². The Morgan fingerprint density at radius 3 is 2.84 bits per heavy atom. The molecule has 0 aliphatic carbocycles. The maximum Gasteiger partial charge on any atom is 0.141 e. The van der Waals surface area contributed by atoms with E-state index in [1.807, 2.05) is 0 Å². The van der Waals surface area contributed by atoms with Crippen molar-refractivity contribution in [3.63, 3.8) is 0 Å². The van der Waals surface area contributed by atoms with E-state index in [0.717, 1.165) is 23.4 Å². The van der Waals surface area contributed by atoms with Gasteiger partial charge in [-0.1, -0.05) is 6.07 Å². The lowest BCUT2D eigenvalue weighted by atomic mass is 10.0. The summed E-state index contributed by atoms with van der Waals surface area (Å²) in [5.41, 5.74) is 15.3. The van der Waals surface area contributed by atoms with Crippen LogP contribution < -0.4 is 16.2 Å². The molecule has 0 fully saturated rings. The van der Waals surface area contributed by atoms with Gasteiger partial charge in [-0.2, -0.15) is 0 Å². The first kappa shape index (κ1) is 11.9. The van der Waals surface area contributed by atoms with Gasteiger partial charge in [0.25, 0.3) is 0 Å². The van der Waals surface area contributed by atoms with Gasteiger partial charge in [0.1, 0.15) is 17.7 Å². The number of nitrogen functional groups attached to an aromatic ring is 1. The van der Waals surface area contributed by atoms with Gasteiger partial charge in [-0.05, 0) is 24.1 Å². The highest BCUT2D eigenvalue weighted by Gasteiger charge is 2.25. The van der Waals surface area contributed by atoms with Gasteiger partial charge in [-0.15, -0.1) is 0 Å².